The van der Waals surface area contributed by atoms with Crippen LogP contribution < -0.4 is 16.2 Å². The number of fused-ring (bicyclic) bond motifs is 1. The predicted molar refractivity (Wildman–Crippen MR) is 102 cm³/mol. The van der Waals surface area contributed by atoms with Gasteiger partial charge in [-0.3, -0.25) is 4.90 Å². The van der Waals surface area contributed by atoms with Crippen molar-refractivity contribution in [3.05, 3.63) is 58.6 Å². The van der Waals surface area contributed by atoms with Gasteiger partial charge in [-0.1, -0.05) is 35.9 Å². The van der Waals surface area contributed by atoms with Gasteiger partial charge in [0, 0.05) is 11.6 Å². The molecule has 2 aromatic carbocycles. The zero-order valence-electron chi connectivity index (χ0n) is 14.2. The molecule has 4 N–H and O–H groups in total. The van der Waals surface area contributed by atoms with Crippen LogP contribution in [0.5, 0.6) is 5.75 Å². The summed E-state index contributed by atoms with van der Waals surface area (Å²) in [6, 6.07) is 14.3. The van der Waals surface area contributed by atoms with Crippen molar-refractivity contribution >= 4 is 17.3 Å². The summed E-state index contributed by atoms with van der Waals surface area (Å²) in [5.74, 6) is 1.29. The summed E-state index contributed by atoms with van der Waals surface area (Å²) in [6.45, 7) is 2.88. The molecular formula is C20H24ClN3O. The molecule has 1 heterocycles. The van der Waals surface area contributed by atoms with E-state index in [9.17, 15) is 0 Å². The van der Waals surface area contributed by atoms with Crippen molar-refractivity contribution in [2.24, 2.45) is 11.7 Å². The third kappa shape index (κ3) is 3.22. The fourth-order valence-corrected chi connectivity index (χ4v) is 4.30. The average molecular weight is 358 g/mol. The van der Waals surface area contributed by atoms with Crippen molar-refractivity contribution < 1.29 is 4.74 Å². The number of nitrogen functional groups attached to an aromatic ring is 1. The van der Waals surface area contributed by atoms with Crippen LogP contribution in [0.4, 0.5) is 5.69 Å². The maximum absolute atomic E-state index is 6.42. The van der Waals surface area contributed by atoms with Gasteiger partial charge in [0.05, 0.1) is 11.7 Å². The summed E-state index contributed by atoms with van der Waals surface area (Å²) in [7, 11) is 0. The lowest BCUT2D eigenvalue weighted by Crippen LogP contribution is -2.39. The zero-order chi connectivity index (χ0) is 17.4. The summed E-state index contributed by atoms with van der Waals surface area (Å²) in [6.07, 6.45) is 2.15. The minimum Gasteiger partial charge on any atom is -0.482 e. The third-order valence-electron chi connectivity index (χ3n) is 5.49. The van der Waals surface area contributed by atoms with E-state index >= 15 is 0 Å². The van der Waals surface area contributed by atoms with Crippen LogP contribution in [-0.2, 0) is 6.42 Å². The normalized spacial score (nSPS) is 25.9. The molecule has 25 heavy (non-hydrogen) atoms. The van der Waals surface area contributed by atoms with Crippen molar-refractivity contribution in [2.75, 3.05) is 25.4 Å². The van der Waals surface area contributed by atoms with Crippen molar-refractivity contribution in [1.29, 1.82) is 0 Å². The van der Waals surface area contributed by atoms with Gasteiger partial charge >= 0.3 is 0 Å². The van der Waals surface area contributed by atoms with Gasteiger partial charge in [0.25, 0.3) is 0 Å². The molecular weight excluding hydrogens is 334 g/mol. The molecule has 1 unspecified atom stereocenters. The summed E-state index contributed by atoms with van der Waals surface area (Å²) in [5, 5.41) is 0.624. The molecule has 132 valence electrons. The topological polar surface area (TPSA) is 64.5 Å². The molecule has 1 aliphatic heterocycles. The van der Waals surface area contributed by atoms with Gasteiger partial charge in [0.2, 0.25) is 0 Å². The Kier molecular flexibility index (Phi) is 4.59. The molecule has 0 spiro atoms. The fraction of sp³-hybridized carbons (Fsp3) is 0.400. The van der Waals surface area contributed by atoms with Crippen LogP contribution in [-0.4, -0.2) is 30.6 Å². The first kappa shape index (κ1) is 16.7. The van der Waals surface area contributed by atoms with Gasteiger partial charge in [-0.2, -0.15) is 0 Å². The molecule has 4 nitrogen and oxygen atoms in total. The SMILES string of the molecule is NC[C@H]1CCN([C@@H]2Cc3ccccc3C2Oc2ccc(Cl)cc2N)C1. The highest BCUT2D eigenvalue weighted by Gasteiger charge is 2.40. The Morgan fingerprint density at radius 1 is 1.20 bits per heavy atom. The quantitative estimate of drug-likeness (QED) is 0.824. The van der Waals surface area contributed by atoms with Crippen LogP contribution in [0.2, 0.25) is 5.02 Å². The van der Waals surface area contributed by atoms with Crippen molar-refractivity contribution in [3.8, 4) is 5.75 Å². The second-order valence-electron chi connectivity index (χ2n) is 7.08. The van der Waals surface area contributed by atoms with Crippen molar-refractivity contribution in [3.63, 3.8) is 0 Å². The number of nitrogens with zero attached hydrogens (tertiary/aromatic N) is 1. The lowest BCUT2D eigenvalue weighted by molar-refractivity contribution is 0.0923. The number of hydrogen-bond acceptors (Lipinski definition) is 4. The first-order valence-corrected chi connectivity index (χ1v) is 9.27. The molecule has 0 aromatic heterocycles. The van der Waals surface area contributed by atoms with E-state index in [1.54, 1.807) is 6.07 Å². The van der Waals surface area contributed by atoms with Gasteiger partial charge in [0.15, 0.2) is 0 Å². The van der Waals surface area contributed by atoms with E-state index in [0.29, 0.717) is 28.4 Å². The minimum atomic E-state index is -0.0174. The number of ether oxygens (including phenoxy) is 1. The lowest BCUT2D eigenvalue weighted by atomic mass is 10.1. The highest BCUT2D eigenvalue weighted by molar-refractivity contribution is 6.30. The molecule has 1 saturated heterocycles. The maximum Gasteiger partial charge on any atom is 0.143 e. The van der Waals surface area contributed by atoms with E-state index in [4.69, 9.17) is 27.8 Å². The number of hydrogen-bond donors (Lipinski definition) is 2. The Labute approximate surface area is 153 Å². The molecule has 5 heteroatoms. The second-order valence-corrected chi connectivity index (χ2v) is 7.51. The van der Waals surface area contributed by atoms with Crippen LogP contribution in [0.1, 0.15) is 23.7 Å². The first-order chi connectivity index (χ1) is 12.2. The molecule has 1 fully saturated rings. The molecule has 3 atom stereocenters. The number of anilines is 1. The largest absolute Gasteiger partial charge is 0.482 e. The fourth-order valence-electron chi connectivity index (χ4n) is 4.12. The van der Waals surface area contributed by atoms with Gasteiger partial charge in [-0.15, -0.1) is 0 Å². The smallest absolute Gasteiger partial charge is 0.143 e. The van der Waals surface area contributed by atoms with Crippen LogP contribution in [0.15, 0.2) is 42.5 Å². The maximum atomic E-state index is 6.42. The van der Waals surface area contributed by atoms with Gasteiger partial charge < -0.3 is 16.2 Å². The third-order valence-corrected chi connectivity index (χ3v) is 5.72. The van der Waals surface area contributed by atoms with Crippen LogP contribution in [0.3, 0.4) is 0 Å². The molecule has 1 aliphatic carbocycles. The number of rotatable bonds is 4. The monoisotopic (exact) mass is 357 g/mol. The zero-order valence-corrected chi connectivity index (χ0v) is 15.0. The molecule has 0 radical (unpaired) electrons. The Morgan fingerprint density at radius 3 is 2.80 bits per heavy atom. The van der Waals surface area contributed by atoms with E-state index in [1.807, 2.05) is 12.1 Å². The molecule has 2 aliphatic rings. The minimum absolute atomic E-state index is 0.0174. The van der Waals surface area contributed by atoms with Crippen molar-refractivity contribution in [2.45, 2.75) is 25.0 Å². The predicted octanol–water partition coefficient (Wildman–Crippen LogP) is 3.25. The summed E-state index contributed by atoms with van der Waals surface area (Å²) in [5.41, 5.74) is 15.2. The van der Waals surface area contributed by atoms with E-state index in [0.717, 1.165) is 26.1 Å². The van der Waals surface area contributed by atoms with Crippen LogP contribution in [0.25, 0.3) is 0 Å². The lowest BCUT2D eigenvalue weighted by Gasteiger charge is -2.30. The van der Waals surface area contributed by atoms with Gasteiger partial charge in [0.1, 0.15) is 11.9 Å². The molecule has 4 rings (SSSR count). The van der Waals surface area contributed by atoms with E-state index < -0.39 is 0 Å². The number of likely N-dealkylation sites (tertiary alicyclic amines) is 1. The Bertz CT molecular complexity index is 766. The average Bonchev–Trinajstić information content (AvgIpc) is 3.22. The van der Waals surface area contributed by atoms with E-state index in [2.05, 4.69) is 29.2 Å². The molecule has 2 aromatic rings. The van der Waals surface area contributed by atoms with Crippen LogP contribution >= 0.6 is 11.6 Å². The summed E-state index contributed by atoms with van der Waals surface area (Å²) < 4.78 is 6.42. The van der Waals surface area contributed by atoms with Crippen LogP contribution in [0, 0.1) is 5.92 Å². The standard InChI is InChI=1S/C20H24ClN3O/c21-15-5-6-19(17(23)10-15)25-20-16-4-2-1-3-14(16)9-18(20)24-8-7-13(11-22)12-24/h1-6,10,13,18,20H,7-9,11-12,22-23H2/t13-,18-,20?/m1/s1. The molecule has 0 amide bonds. The van der Waals surface area contributed by atoms with E-state index in [-0.39, 0.29) is 6.10 Å². The van der Waals surface area contributed by atoms with E-state index in [1.165, 1.54) is 17.5 Å². The molecule has 0 saturated carbocycles. The highest BCUT2D eigenvalue weighted by Crippen LogP contribution is 2.41. The Balaban J connectivity index is 1.63. The van der Waals surface area contributed by atoms with Gasteiger partial charge in [-0.25, -0.2) is 0 Å². The molecule has 0 bridgehead atoms. The number of halogens is 1. The summed E-state index contributed by atoms with van der Waals surface area (Å²) in [4.78, 5) is 2.54. The van der Waals surface area contributed by atoms with Crippen molar-refractivity contribution in [1.82, 2.24) is 4.90 Å². The first-order valence-electron chi connectivity index (χ1n) is 8.89. The summed E-state index contributed by atoms with van der Waals surface area (Å²) >= 11 is 6.02. The number of benzene rings is 2. The Hall–Kier alpha value is -1.75. The highest BCUT2D eigenvalue weighted by atomic mass is 35.5. The van der Waals surface area contributed by atoms with Gasteiger partial charge in [-0.05, 0) is 61.2 Å². The number of nitrogens with two attached hydrogens (primary N) is 2. The second kappa shape index (κ2) is 6.87. The Morgan fingerprint density at radius 2 is 2.04 bits per heavy atom.